The quantitative estimate of drug-likeness (QED) is 0.870. The number of hydrogen-bond donors (Lipinski definition) is 2. The van der Waals surface area contributed by atoms with E-state index in [-0.39, 0.29) is 17.8 Å². The Kier molecular flexibility index (Phi) is 3.78. The molecule has 1 heterocycles. The normalized spacial score (nSPS) is 21.3. The number of amides is 1. The van der Waals surface area contributed by atoms with Gasteiger partial charge in [0, 0.05) is 12.1 Å². The zero-order valence-electron chi connectivity index (χ0n) is 11.4. The highest BCUT2D eigenvalue weighted by molar-refractivity contribution is 5.94. The van der Waals surface area contributed by atoms with Crippen molar-refractivity contribution in [2.24, 2.45) is 0 Å². The van der Waals surface area contributed by atoms with Crippen LogP contribution in [0, 0.1) is 6.92 Å². The van der Waals surface area contributed by atoms with Gasteiger partial charge in [0.1, 0.15) is 11.9 Å². The number of nitrogens with one attached hydrogen (secondary N) is 1. The summed E-state index contributed by atoms with van der Waals surface area (Å²) in [5.74, 6) is -0.699. The molecule has 19 heavy (non-hydrogen) atoms. The van der Waals surface area contributed by atoms with E-state index < -0.39 is 5.79 Å². The van der Waals surface area contributed by atoms with Crippen LogP contribution in [0.1, 0.15) is 29.8 Å². The van der Waals surface area contributed by atoms with Crippen molar-refractivity contribution in [2.45, 2.75) is 32.7 Å². The molecule has 0 bridgehead atoms. The summed E-state index contributed by atoms with van der Waals surface area (Å²) in [7, 11) is 0. The SMILES string of the molecule is Cc1ccc(C(=O)NCC2COC(C)(C)O2)cc1O. The lowest BCUT2D eigenvalue weighted by atomic mass is 10.1. The third-order valence-corrected chi connectivity index (χ3v) is 3.03. The van der Waals surface area contributed by atoms with Gasteiger partial charge in [-0.05, 0) is 38.5 Å². The van der Waals surface area contributed by atoms with Crippen LogP contribution in [0.2, 0.25) is 0 Å². The van der Waals surface area contributed by atoms with Crippen LogP contribution in [0.3, 0.4) is 0 Å². The van der Waals surface area contributed by atoms with Crippen LogP contribution in [0.5, 0.6) is 5.75 Å². The van der Waals surface area contributed by atoms with Gasteiger partial charge < -0.3 is 19.9 Å². The van der Waals surface area contributed by atoms with E-state index in [1.807, 2.05) is 13.8 Å². The standard InChI is InChI=1S/C14H19NO4/c1-9-4-5-10(6-12(9)16)13(17)15-7-11-8-18-14(2,3)19-11/h4-6,11,16H,7-8H2,1-3H3,(H,15,17). The molecule has 0 radical (unpaired) electrons. The van der Waals surface area contributed by atoms with E-state index >= 15 is 0 Å². The molecule has 0 spiro atoms. The van der Waals surface area contributed by atoms with Gasteiger partial charge in [0.05, 0.1) is 6.61 Å². The van der Waals surface area contributed by atoms with Gasteiger partial charge in [0.15, 0.2) is 5.79 Å². The molecular formula is C14H19NO4. The first-order chi connectivity index (χ1) is 8.87. The van der Waals surface area contributed by atoms with Crippen molar-refractivity contribution in [1.29, 1.82) is 0 Å². The molecule has 1 aliphatic rings. The Balaban J connectivity index is 1.89. The Bertz CT molecular complexity index is 484. The maximum atomic E-state index is 11.9. The maximum absolute atomic E-state index is 11.9. The van der Waals surface area contributed by atoms with Gasteiger partial charge in [-0.3, -0.25) is 4.79 Å². The molecule has 0 aliphatic carbocycles. The van der Waals surface area contributed by atoms with Crippen LogP contribution in [-0.4, -0.2) is 36.1 Å². The number of aromatic hydroxyl groups is 1. The Morgan fingerprint density at radius 3 is 2.84 bits per heavy atom. The predicted octanol–water partition coefficient (Wildman–Crippen LogP) is 1.58. The van der Waals surface area contributed by atoms with Crippen LogP contribution >= 0.6 is 0 Å². The van der Waals surface area contributed by atoms with Gasteiger partial charge in [-0.2, -0.15) is 0 Å². The van der Waals surface area contributed by atoms with Crippen molar-refractivity contribution in [3.8, 4) is 5.75 Å². The number of rotatable bonds is 3. The summed E-state index contributed by atoms with van der Waals surface area (Å²) in [5.41, 5.74) is 1.17. The predicted molar refractivity (Wildman–Crippen MR) is 70.1 cm³/mol. The second-order valence-electron chi connectivity index (χ2n) is 5.16. The molecule has 1 aromatic rings. The van der Waals surface area contributed by atoms with E-state index in [0.717, 1.165) is 5.56 Å². The fourth-order valence-electron chi connectivity index (χ4n) is 1.92. The van der Waals surface area contributed by atoms with E-state index in [0.29, 0.717) is 18.7 Å². The van der Waals surface area contributed by atoms with E-state index in [4.69, 9.17) is 9.47 Å². The summed E-state index contributed by atoms with van der Waals surface area (Å²) >= 11 is 0. The second-order valence-corrected chi connectivity index (χ2v) is 5.16. The van der Waals surface area contributed by atoms with Crippen molar-refractivity contribution in [2.75, 3.05) is 13.2 Å². The van der Waals surface area contributed by atoms with E-state index in [1.165, 1.54) is 6.07 Å². The van der Waals surface area contributed by atoms with Crippen molar-refractivity contribution < 1.29 is 19.4 Å². The third kappa shape index (κ3) is 3.45. The van der Waals surface area contributed by atoms with Gasteiger partial charge >= 0.3 is 0 Å². The zero-order chi connectivity index (χ0) is 14.0. The largest absolute Gasteiger partial charge is 0.508 e. The molecule has 2 N–H and O–H groups in total. The molecule has 1 amide bonds. The smallest absolute Gasteiger partial charge is 0.251 e. The van der Waals surface area contributed by atoms with Gasteiger partial charge in [-0.1, -0.05) is 6.07 Å². The molecular weight excluding hydrogens is 246 g/mol. The molecule has 1 atom stereocenters. The highest BCUT2D eigenvalue weighted by Crippen LogP contribution is 2.22. The van der Waals surface area contributed by atoms with Crippen LogP contribution in [0.15, 0.2) is 18.2 Å². The number of benzene rings is 1. The van der Waals surface area contributed by atoms with Crippen LogP contribution < -0.4 is 5.32 Å². The fourth-order valence-corrected chi connectivity index (χ4v) is 1.92. The Morgan fingerprint density at radius 2 is 2.26 bits per heavy atom. The molecule has 5 heteroatoms. The first-order valence-electron chi connectivity index (χ1n) is 6.27. The van der Waals surface area contributed by atoms with E-state index in [2.05, 4.69) is 5.32 Å². The number of carbonyl (C=O) groups is 1. The topological polar surface area (TPSA) is 67.8 Å². The molecule has 2 rings (SSSR count). The third-order valence-electron chi connectivity index (χ3n) is 3.03. The maximum Gasteiger partial charge on any atom is 0.251 e. The zero-order valence-corrected chi connectivity index (χ0v) is 11.4. The molecule has 0 aromatic heterocycles. The van der Waals surface area contributed by atoms with E-state index in [1.54, 1.807) is 19.1 Å². The van der Waals surface area contributed by atoms with Gasteiger partial charge in [-0.25, -0.2) is 0 Å². The monoisotopic (exact) mass is 265 g/mol. The summed E-state index contributed by atoms with van der Waals surface area (Å²) in [6, 6.07) is 4.85. The fraction of sp³-hybridized carbons (Fsp3) is 0.500. The number of ether oxygens (including phenoxy) is 2. The number of phenolic OH excluding ortho intramolecular Hbond substituents is 1. The Labute approximate surface area is 112 Å². The summed E-state index contributed by atoms with van der Waals surface area (Å²) in [6.45, 7) is 6.31. The lowest BCUT2D eigenvalue weighted by molar-refractivity contribution is -0.137. The lowest BCUT2D eigenvalue weighted by Gasteiger charge is -2.17. The van der Waals surface area contributed by atoms with Crippen molar-refractivity contribution in [3.05, 3.63) is 29.3 Å². The van der Waals surface area contributed by atoms with Gasteiger partial charge in [0.2, 0.25) is 0 Å². The summed E-state index contributed by atoms with van der Waals surface area (Å²) < 4.78 is 11.0. The van der Waals surface area contributed by atoms with E-state index in [9.17, 15) is 9.90 Å². The summed E-state index contributed by atoms with van der Waals surface area (Å²) in [4.78, 5) is 11.9. The summed E-state index contributed by atoms with van der Waals surface area (Å²) in [5, 5.41) is 12.3. The average Bonchev–Trinajstić information content (AvgIpc) is 2.69. The number of aryl methyl sites for hydroxylation is 1. The molecule has 104 valence electrons. The minimum atomic E-state index is -0.586. The lowest BCUT2D eigenvalue weighted by Crippen LogP contribution is -2.34. The number of hydrogen-bond acceptors (Lipinski definition) is 4. The molecule has 1 aromatic carbocycles. The Hall–Kier alpha value is -1.59. The van der Waals surface area contributed by atoms with Crippen LogP contribution in [-0.2, 0) is 9.47 Å². The van der Waals surface area contributed by atoms with Crippen LogP contribution in [0.4, 0.5) is 0 Å². The first-order valence-corrected chi connectivity index (χ1v) is 6.27. The highest BCUT2D eigenvalue weighted by atomic mass is 16.7. The van der Waals surface area contributed by atoms with Crippen molar-refractivity contribution >= 4 is 5.91 Å². The molecule has 1 fully saturated rings. The van der Waals surface area contributed by atoms with Crippen molar-refractivity contribution in [3.63, 3.8) is 0 Å². The molecule has 1 aliphatic heterocycles. The molecule has 5 nitrogen and oxygen atoms in total. The molecule has 0 saturated carbocycles. The molecule has 1 saturated heterocycles. The molecule has 1 unspecified atom stereocenters. The van der Waals surface area contributed by atoms with Crippen LogP contribution in [0.25, 0.3) is 0 Å². The van der Waals surface area contributed by atoms with Gasteiger partial charge in [0.25, 0.3) is 5.91 Å². The first kappa shape index (κ1) is 13.8. The minimum Gasteiger partial charge on any atom is -0.508 e. The van der Waals surface area contributed by atoms with Gasteiger partial charge in [-0.15, -0.1) is 0 Å². The highest BCUT2D eigenvalue weighted by Gasteiger charge is 2.32. The summed E-state index contributed by atoms with van der Waals surface area (Å²) in [6.07, 6.45) is -0.141. The van der Waals surface area contributed by atoms with Crippen molar-refractivity contribution in [1.82, 2.24) is 5.32 Å². The second kappa shape index (κ2) is 5.19. The number of carbonyl (C=O) groups excluding carboxylic acids is 1. The Morgan fingerprint density at radius 1 is 1.53 bits per heavy atom. The average molecular weight is 265 g/mol. The number of phenols is 1. The minimum absolute atomic E-state index is 0.120.